The number of hydrogen-bond donors (Lipinski definition) is 1. The predicted molar refractivity (Wildman–Crippen MR) is 85.5 cm³/mol. The highest BCUT2D eigenvalue weighted by Crippen LogP contribution is 2.23. The second-order valence-electron chi connectivity index (χ2n) is 6.08. The first-order chi connectivity index (χ1) is 10.1. The van der Waals surface area contributed by atoms with Gasteiger partial charge in [-0.1, -0.05) is 6.92 Å². The van der Waals surface area contributed by atoms with Crippen molar-refractivity contribution in [3.8, 4) is 0 Å². The molecule has 0 aromatic rings. The van der Waals surface area contributed by atoms with Gasteiger partial charge in [0.2, 0.25) is 0 Å². The largest absolute Gasteiger partial charge is 0.317 e. The standard InChI is InChI=1S/C14H30N4O2S/c1-3-15-8-6-9-16(2)21(19,20)18-12-7-14(13-18)17-10-4-5-11-17/h14-15H,3-13H2,1-2H3. The van der Waals surface area contributed by atoms with Gasteiger partial charge in [0, 0.05) is 32.7 Å². The number of hydrogen-bond acceptors (Lipinski definition) is 4. The molecule has 124 valence electrons. The van der Waals surface area contributed by atoms with Crippen LogP contribution in [-0.4, -0.2) is 80.8 Å². The van der Waals surface area contributed by atoms with Crippen LogP contribution in [0.3, 0.4) is 0 Å². The zero-order valence-electron chi connectivity index (χ0n) is 13.4. The minimum Gasteiger partial charge on any atom is -0.317 e. The first-order valence-electron chi connectivity index (χ1n) is 8.22. The van der Waals surface area contributed by atoms with Crippen LogP contribution in [0.5, 0.6) is 0 Å². The molecule has 1 atom stereocenters. The van der Waals surface area contributed by atoms with Crippen LogP contribution in [0.25, 0.3) is 0 Å². The van der Waals surface area contributed by atoms with Crippen molar-refractivity contribution in [2.75, 3.05) is 52.9 Å². The van der Waals surface area contributed by atoms with Gasteiger partial charge in [-0.2, -0.15) is 17.0 Å². The summed E-state index contributed by atoms with van der Waals surface area (Å²) in [5.74, 6) is 0. The highest BCUT2D eigenvalue weighted by molar-refractivity contribution is 7.86. The van der Waals surface area contributed by atoms with Crippen molar-refractivity contribution in [1.29, 1.82) is 0 Å². The second kappa shape index (κ2) is 7.87. The van der Waals surface area contributed by atoms with Crippen LogP contribution in [0.4, 0.5) is 0 Å². The summed E-state index contributed by atoms with van der Waals surface area (Å²) in [6.45, 7) is 8.05. The molecule has 7 heteroatoms. The molecule has 0 amide bonds. The summed E-state index contributed by atoms with van der Waals surface area (Å²) in [5, 5.41) is 3.23. The number of rotatable bonds is 8. The van der Waals surface area contributed by atoms with Crippen molar-refractivity contribution < 1.29 is 8.42 Å². The molecule has 1 N–H and O–H groups in total. The van der Waals surface area contributed by atoms with E-state index < -0.39 is 10.2 Å². The van der Waals surface area contributed by atoms with Crippen molar-refractivity contribution in [2.24, 2.45) is 0 Å². The number of nitrogens with zero attached hydrogens (tertiary/aromatic N) is 3. The van der Waals surface area contributed by atoms with Crippen molar-refractivity contribution >= 4 is 10.2 Å². The lowest BCUT2D eigenvalue weighted by Gasteiger charge is -2.26. The van der Waals surface area contributed by atoms with Crippen LogP contribution in [0.15, 0.2) is 0 Å². The quantitative estimate of drug-likeness (QED) is 0.656. The van der Waals surface area contributed by atoms with Crippen molar-refractivity contribution in [1.82, 2.24) is 18.8 Å². The maximum absolute atomic E-state index is 12.6. The van der Waals surface area contributed by atoms with Gasteiger partial charge in [0.15, 0.2) is 0 Å². The van der Waals surface area contributed by atoms with Gasteiger partial charge in [-0.25, -0.2) is 0 Å². The van der Waals surface area contributed by atoms with Crippen LogP contribution < -0.4 is 5.32 Å². The lowest BCUT2D eigenvalue weighted by atomic mass is 10.2. The first kappa shape index (κ1) is 17.1. The molecule has 2 aliphatic heterocycles. The maximum atomic E-state index is 12.6. The Morgan fingerprint density at radius 1 is 1.24 bits per heavy atom. The van der Waals surface area contributed by atoms with E-state index in [9.17, 15) is 8.42 Å². The molecule has 1 unspecified atom stereocenters. The molecular weight excluding hydrogens is 288 g/mol. The van der Waals surface area contributed by atoms with E-state index in [0.717, 1.165) is 39.0 Å². The smallest absolute Gasteiger partial charge is 0.281 e. The van der Waals surface area contributed by atoms with E-state index in [1.165, 1.54) is 17.1 Å². The Bertz CT molecular complexity index is 409. The second-order valence-corrected chi connectivity index (χ2v) is 8.12. The third kappa shape index (κ3) is 4.39. The Morgan fingerprint density at radius 3 is 2.62 bits per heavy atom. The van der Waals surface area contributed by atoms with E-state index in [2.05, 4.69) is 17.1 Å². The minimum atomic E-state index is -3.28. The maximum Gasteiger partial charge on any atom is 0.281 e. The van der Waals surface area contributed by atoms with E-state index >= 15 is 0 Å². The molecule has 2 rings (SSSR count). The fourth-order valence-corrected chi connectivity index (χ4v) is 4.69. The summed E-state index contributed by atoms with van der Waals surface area (Å²) in [4.78, 5) is 2.46. The summed E-state index contributed by atoms with van der Waals surface area (Å²) in [6.07, 6.45) is 4.35. The van der Waals surface area contributed by atoms with Crippen molar-refractivity contribution in [3.05, 3.63) is 0 Å². The monoisotopic (exact) mass is 318 g/mol. The van der Waals surface area contributed by atoms with Crippen molar-refractivity contribution in [2.45, 2.75) is 38.6 Å². The highest BCUT2D eigenvalue weighted by Gasteiger charge is 2.36. The SMILES string of the molecule is CCNCCCN(C)S(=O)(=O)N1CCC(N2CCCC2)C1. The Kier molecular flexibility index (Phi) is 6.43. The molecule has 0 bridgehead atoms. The lowest BCUT2D eigenvalue weighted by molar-refractivity contribution is 0.249. The van der Waals surface area contributed by atoms with Crippen molar-refractivity contribution in [3.63, 3.8) is 0 Å². The molecule has 0 aliphatic carbocycles. The molecular formula is C14H30N4O2S. The molecule has 0 aromatic carbocycles. The molecule has 6 nitrogen and oxygen atoms in total. The third-order valence-electron chi connectivity index (χ3n) is 4.58. The van der Waals surface area contributed by atoms with Crippen LogP contribution in [0.1, 0.15) is 32.6 Å². The summed E-state index contributed by atoms with van der Waals surface area (Å²) < 4.78 is 28.3. The molecule has 0 radical (unpaired) electrons. The van der Waals surface area contributed by atoms with Gasteiger partial charge in [-0.05, 0) is 51.9 Å². The predicted octanol–water partition coefficient (Wildman–Crippen LogP) is 0.333. The lowest BCUT2D eigenvalue weighted by Crippen LogP contribution is -2.43. The van der Waals surface area contributed by atoms with E-state index in [-0.39, 0.29) is 0 Å². The van der Waals surface area contributed by atoms with Gasteiger partial charge >= 0.3 is 0 Å². The van der Waals surface area contributed by atoms with Crippen LogP contribution in [0, 0.1) is 0 Å². The fourth-order valence-electron chi connectivity index (χ4n) is 3.24. The van der Waals surface area contributed by atoms with Gasteiger partial charge < -0.3 is 5.32 Å². The molecule has 2 fully saturated rings. The Labute approximate surface area is 129 Å². The van der Waals surface area contributed by atoms with Crippen LogP contribution in [-0.2, 0) is 10.2 Å². The average Bonchev–Trinajstić information content (AvgIpc) is 3.12. The minimum absolute atomic E-state index is 0.428. The van der Waals surface area contributed by atoms with Gasteiger partial charge in [0.05, 0.1) is 0 Å². The molecule has 0 saturated carbocycles. The number of nitrogens with one attached hydrogen (secondary N) is 1. The fraction of sp³-hybridized carbons (Fsp3) is 1.00. The number of likely N-dealkylation sites (tertiary alicyclic amines) is 1. The molecule has 2 heterocycles. The Morgan fingerprint density at radius 2 is 1.95 bits per heavy atom. The zero-order valence-corrected chi connectivity index (χ0v) is 14.2. The van der Waals surface area contributed by atoms with E-state index in [1.807, 2.05) is 0 Å². The highest BCUT2D eigenvalue weighted by atomic mass is 32.2. The average molecular weight is 318 g/mol. The van der Waals surface area contributed by atoms with E-state index in [4.69, 9.17) is 0 Å². The Balaban J connectivity index is 1.82. The Hall–Kier alpha value is -0.210. The molecule has 21 heavy (non-hydrogen) atoms. The van der Waals surface area contributed by atoms with Crippen LogP contribution in [0.2, 0.25) is 0 Å². The van der Waals surface area contributed by atoms with Gasteiger partial charge in [0.1, 0.15) is 0 Å². The zero-order chi connectivity index (χ0) is 15.3. The topological polar surface area (TPSA) is 55.9 Å². The summed E-state index contributed by atoms with van der Waals surface area (Å²) >= 11 is 0. The first-order valence-corrected chi connectivity index (χ1v) is 9.61. The summed E-state index contributed by atoms with van der Waals surface area (Å²) in [7, 11) is -1.58. The van der Waals surface area contributed by atoms with Gasteiger partial charge in [-0.3, -0.25) is 4.90 Å². The van der Waals surface area contributed by atoms with Crippen LogP contribution >= 0.6 is 0 Å². The van der Waals surface area contributed by atoms with E-state index in [0.29, 0.717) is 25.7 Å². The van der Waals surface area contributed by atoms with E-state index in [1.54, 1.807) is 11.4 Å². The van der Waals surface area contributed by atoms with Gasteiger partial charge in [-0.15, -0.1) is 0 Å². The summed E-state index contributed by atoms with van der Waals surface area (Å²) in [5.41, 5.74) is 0. The molecule has 0 aromatic heterocycles. The summed E-state index contributed by atoms with van der Waals surface area (Å²) in [6, 6.07) is 0.428. The molecule has 2 saturated heterocycles. The molecule has 2 aliphatic rings. The normalized spacial score (nSPS) is 25.2. The molecule has 0 spiro atoms. The van der Waals surface area contributed by atoms with Gasteiger partial charge in [0.25, 0.3) is 10.2 Å². The third-order valence-corrected chi connectivity index (χ3v) is 6.53.